The molecule has 2 aliphatic heterocycles. The Morgan fingerprint density at radius 3 is 2.50 bits per heavy atom. The molecule has 0 bridgehead atoms. The van der Waals surface area contributed by atoms with Crippen LogP contribution in [-0.4, -0.2) is 59.3 Å². The molecule has 0 atom stereocenters. The maximum atomic E-state index is 15.2. The SMILES string of the molecule is CCn1cc(C(=O)O)c(=O)c2cc(F)c(N3CCN(C4=C(c5cccc(Cl)c5)C(=O)OC4)CC3)cc21. The molecule has 0 aliphatic carbocycles. The van der Waals surface area contributed by atoms with Crippen LogP contribution < -0.4 is 10.3 Å². The first-order chi connectivity index (χ1) is 17.3. The first-order valence-electron chi connectivity index (χ1n) is 11.5. The van der Waals surface area contributed by atoms with Gasteiger partial charge in [0.05, 0.1) is 22.5 Å². The van der Waals surface area contributed by atoms with Gasteiger partial charge in [-0.25, -0.2) is 14.0 Å². The molecule has 1 saturated heterocycles. The van der Waals surface area contributed by atoms with E-state index >= 15 is 4.39 Å². The van der Waals surface area contributed by atoms with Crippen molar-refractivity contribution in [2.45, 2.75) is 13.5 Å². The Hall–Kier alpha value is -3.85. The monoisotopic (exact) mass is 511 g/mol. The number of carboxylic acids is 1. The molecule has 5 rings (SSSR count). The number of aryl methyl sites for hydroxylation is 1. The third-order valence-electron chi connectivity index (χ3n) is 6.67. The molecule has 36 heavy (non-hydrogen) atoms. The number of benzene rings is 2. The molecule has 0 radical (unpaired) electrons. The Bertz CT molecular complexity index is 1490. The highest BCUT2D eigenvalue weighted by Gasteiger charge is 2.32. The summed E-state index contributed by atoms with van der Waals surface area (Å²) < 4.78 is 22.1. The minimum atomic E-state index is -1.34. The number of rotatable bonds is 5. The number of carbonyl (C=O) groups is 2. The molecule has 10 heteroatoms. The molecule has 2 aliphatic rings. The predicted octanol–water partition coefficient (Wildman–Crippen LogP) is 3.60. The number of hydrogen-bond donors (Lipinski definition) is 1. The van der Waals surface area contributed by atoms with E-state index in [4.69, 9.17) is 16.3 Å². The highest BCUT2D eigenvalue weighted by Crippen LogP contribution is 2.32. The lowest BCUT2D eigenvalue weighted by Crippen LogP contribution is -2.46. The summed E-state index contributed by atoms with van der Waals surface area (Å²) >= 11 is 6.12. The van der Waals surface area contributed by atoms with Crippen molar-refractivity contribution in [3.8, 4) is 0 Å². The van der Waals surface area contributed by atoms with Crippen LogP contribution in [0.25, 0.3) is 16.5 Å². The molecule has 2 aromatic carbocycles. The van der Waals surface area contributed by atoms with Crippen LogP contribution in [0.2, 0.25) is 5.02 Å². The molecule has 0 amide bonds. The van der Waals surface area contributed by atoms with E-state index in [1.807, 2.05) is 17.9 Å². The molecular weight excluding hydrogens is 489 g/mol. The van der Waals surface area contributed by atoms with E-state index in [1.54, 1.807) is 28.8 Å². The summed E-state index contributed by atoms with van der Waals surface area (Å²) in [4.78, 5) is 40.5. The van der Waals surface area contributed by atoms with Gasteiger partial charge in [-0.05, 0) is 36.8 Å². The first kappa shape index (κ1) is 23.9. The number of piperazine rings is 1. The van der Waals surface area contributed by atoms with E-state index in [0.29, 0.717) is 60.1 Å². The molecule has 0 saturated carbocycles. The summed E-state index contributed by atoms with van der Waals surface area (Å²) in [5.41, 5.74) is 1.69. The molecule has 1 aromatic heterocycles. The topological polar surface area (TPSA) is 92.1 Å². The minimum absolute atomic E-state index is 0.0366. The Morgan fingerprint density at radius 1 is 1.11 bits per heavy atom. The van der Waals surface area contributed by atoms with Gasteiger partial charge < -0.3 is 24.2 Å². The second-order valence-electron chi connectivity index (χ2n) is 8.67. The van der Waals surface area contributed by atoms with E-state index in [1.165, 1.54) is 6.20 Å². The van der Waals surface area contributed by atoms with E-state index in [9.17, 15) is 19.5 Å². The summed E-state index contributed by atoms with van der Waals surface area (Å²) in [6.45, 7) is 4.44. The van der Waals surface area contributed by atoms with Gasteiger partial charge in [-0.1, -0.05) is 23.7 Å². The number of carbonyl (C=O) groups excluding carboxylic acids is 1. The number of nitrogens with zero attached hydrogens (tertiary/aromatic N) is 3. The van der Waals surface area contributed by atoms with Gasteiger partial charge in [0.25, 0.3) is 0 Å². The number of anilines is 1. The molecule has 0 unspecified atom stereocenters. The number of pyridine rings is 1. The number of halogens is 2. The molecule has 3 aromatic rings. The standard InChI is InChI=1S/C26H23ClFN3O5/c1-2-29-13-18(25(33)34)24(32)17-11-19(28)21(12-20(17)29)30-6-8-31(9-7-30)22-14-36-26(35)23(22)15-4-3-5-16(27)10-15/h3-5,10-13H,2,6-9,14H2,1H3,(H,33,34). The summed E-state index contributed by atoms with van der Waals surface area (Å²) in [5, 5.41) is 9.91. The lowest BCUT2D eigenvalue weighted by molar-refractivity contribution is -0.134. The van der Waals surface area contributed by atoms with Gasteiger partial charge in [0.2, 0.25) is 5.43 Å². The molecule has 3 heterocycles. The maximum absolute atomic E-state index is 15.2. The molecule has 8 nitrogen and oxygen atoms in total. The normalized spacial score (nSPS) is 16.1. The second kappa shape index (κ2) is 9.31. The third-order valence-corrected chi connectivity index (χ3v) is 6.90. The lowest BCUT2D eigenvalue weighted by Gasteiger charge is -2.38. The number of hydrogen-bond acceptors (Lipinski definition) is 6. The van der Waals surface area contributed by atoms with Crippen LogP contribution in [0.3, 0.4) is 0 Å². The average Bonchev–Trinajstić information content (AvgIpc) is 3.25. The number of aromatic carboxylic acids is 1. The fourth-order valence-electron chi connectivity index (χ4n) is 4.85. The maximum Gasteiger partial charge on any atom is 0.341 e. The Labute approximate surface area is 210 Å². The van der Waals surface area contributed by atoms with Crippen LogP contribution in [0, 0.1) is 5.82 Å². The Balaban J connectivity index is 1.44. The number of cyclic esters (lactones) is 1. The quantitative estimate of drug-likeness (QED) is 0.523. The van der Waals surface area contributed by atoms with Gasteiger partial charge in [0, 0.05) is 49.3 Å². The zero-order valence-electron chi connectivity index (χ0n) is 19.5. The fraction of sp³-hybridized carbons (Fsp3) is 0.269. The minimum Gasteiger partial charge on any atom is -0.477 e. The second-order valence-corrected chi connectivity index (χ2v) is 9.10. The summed E-state index contributed by atoms with van der Waals surface area (Å²) in [7, 11) is 0. The molecule has 0 spiro atoms. The van der Waals surface area contributed by atoms with Gasteiger partial charge in [-0.15, -0.1) is 0 Å². The van der Waals surface area contributed by atoms with E-state index in [-0.39, 0.29) is 17.6 Å². The van der Waals surface area contributed by atoms with Crippen LogP contribution >= 0.6 is 11.6 Å². The molecule has 1 N–H and O–H groups in total. The highest BCUT2D eigenvalue weighted by molar-refractivity contribution is 6.31. The zero-order valence-corrected chi connectivity index (χ0v) is 20.2. The van der Waals surface area contributed by atoms with Gasteiger partial charge in [-0.3, -0.25) is 4.79 Å². The number of carboxylic acid groups (broad SMARTS) is 1. The van der Waals surface area contributed by atoms with Crippen molar-refractivity contribution in [1.29, 1.82) is 0 Å². The number of ether oxygens (including phenoxy) is 1. The predicted molar refractivity (Wildman–Crippen MR) is 134 cm³/mol. The highest BCUT2D eigenvalue weighted by atomic mass is 35.5. The average molecular weight is 512 g/mol. The first-order valence-corrected chi connectivity index (χ1v) is 11.9. The van der Waals surface area contributed by atoms with Crippen molar-refractivity contribution in [2.75, 3.05) is 37.7 Å². The van der Waals surface area contributed by atoms with Gasteiger partial charge in [-0.2, -0.15) is 0 Å². The van der Waals surface area contributed by atoms with Gasteiger partial charge >= 0.3 is 11.9 Å². The molecule has 1 fully saturated rings. The Kier molecular flexibility index (Phi) is 6.17. The summed E-state index contributed by atoms with van der Waals surface area (Å²) in [6, 6.07) is 9.80. The largest absolute Gasteiger partial charge is 0.477 e. The van der Waals surface area contributed by atoms with Crippen LogP contribution in [-0.2, 0) is 16.1 Å². The summed E-state index contributed by atoms with van der Waals surface area (Å²) in [6.07, 6.45) is 1.30. The summed E-state index contributed by atoms with van der Waals surface area (Å²) in [5.74, 6) is -2.32. The van der Waals surface area contributed by atoms with E-state index < -0.39 is 23.2 Å². The van der Waals surface area contributed by atoms with Crippen LogP contribution in [0.5, 0.6) is 0 Å². The van der Waals surface area contributed by atoms with Gasteiger partial charge in [0.15, 0.2) is 0 Å². The van der Waals surface area contributed by atoms with Crippen molar-refractivity contribution >= 4 is 45.7 Å². The van der Waals surface area contributed by atoms with Crippen molar-refractivity contribution < 1.29 is 23.8 Å². The molecular formula is C26H23ClFN3O5. The molecule has 186 valence electrons. The smallest absolute Gasteiger partial charge is 0.341 e. The van der Waals surface area contributed by atoms with Crippen molar-refractivity contribution in [3.63, 3.8) is 0 Å². The number of fused-ring (bicyclic) bond motifs is 1. The van der Waals surface area contributed by atoms with Crippen LogP contribution in [0.15, 0.2) is 53.1 Å². The van der Waals surface area contributed by atoms with E-state index in [2.05, 4.69) is 4.90 Å². The Morgan fingerprint density at radius 2 is 1.83 bits per heavy atom. The van der Waals surface area contributed by atoms with Crippen LogP contribution in [0.4, 0.5) is 10.1 Å². The van der Waals surface area contributed by atoms with E-state index in [0.717, 1.165) is 11.8 Å². The zero-order chi connectivity index (χ0) is 25.6. The number of aromatic nitrogens is 1. The lowest BCUT2D eigenvalue weighted by atomic mass is 10.0. The van der Waals surface area contributed by atoms with Crippen LogP contribution in [0.1, 0.15) is 22.8 Å². The number of esters is 1. The van der Waals surface area contributed by atoms with Crippen molar-refractivity contribution in [1.82, 2.24) is 9.47 Å². The van der Waals surface area contributed by atoms with Gasteiger partial charge in [0.1, 0.15) is 18.0 Å². The van der Waals surface area contributed by atoms with Crippen molar-refractivity contribution in [2.24, 2.45) is 0 Å². The third kappa shape index (κ3) is 4.09. The van der Waals surface area contributed by atoms with Crippen molar-refractivity contribution in [3.05, 3.63) is 80.5 Å². The fourth-order valence-corrected chi connectivity index (χ4v) is 5.04.